The van der Waals surface area contributed by atoms with E-state index in [9.17, 15) is 38.8 Å². The molecule has 0 saturated heterocycles. The van der Waals surface area contributed by atoms with Crippen molar-refractivity contribution in [2.45, 2.75) is 120 Å². The Kier molecular flexibility index (Phi) is 33.5. The Balaban J connectivity index is 0.000000338. The van der Waals surface area contributed by atoms with Gasteiger partial charge >= 0.3 is 11.9 Å². The van der Waals surface area contributed by atoms with Crippen LogP contribution in [0, 0.1) is 97.7 Å². The van der Waals surface area contributed by atoms with Crippen LogP contribution < -0.4 is 32.0 Å². The first-order valence-electron chi connectivity index (χ1n) is 35.5. The molecule has 24 heteroatoms. The van der Waals surface area contributed by atoms with E-state index in [1.165, 1.54) is 26.2 Å². The monoisotopic (exact) mass is 1530 g/mol. The van der Waals surface area contributed by atoms with Gasteiger partial charge in [-0.3, -0.25) is 24.0 Å². The summed E-state index contributed by atoms with van der Waals surface area (Å²) in [6, 6.07) is 26.6. The van der Waals surface area contributed by atoms with E-state index in [1.54, 1.807) is 94.2 Å². The first kappa shape index (κ1) is 85.7. The summed E-state index contributed by atoms with van der Waals surface area (Å²) in [5, 5.41) is 25.0. The summed E-state index contributed by atoms with van der Waals surface area (Å²) in [4.78, 5) is 95.1. The minimum Gasteiger partial charge on any atom is -0.492 e. The summed E-state index contributed by atoms with van der Waals surface area (Å²) in [6.07, 6.45) is 15.3. The third-order valence-electron chi connectivity index (χ3n) is 16.9. The molecule has 4 bridgehead atoms. The molecule has 1 aliphatic heterocycles. The molecule has 1 aliphatic rings. The number of carbonyl (C=O) groups excluding carboxylic acids is 7. The van der Waals surface area contributed by atoms with Gasteiger partial charge in [0.2, 0.25) is 11.8 Å². The molecule has 4 heterocycles. The van der Waals surface area contributed by atoms with E-state index in [2.05, 4.69) is 66.1 Å². The van der Waals surface area contributed by atoms with Crippen LogP contribution in [0.4, 0.5) is 0 Å². The maximum absolute atomic E-state index is 14.7. The third-order valence-corrected chi connectivity index (χ3v) is 17.3. The second-order valence-corrected chi connectivity index (χ2v) is 27.6. The van der Waals surface area contributed by atoms with Crippen molar-refractivity contribution in [3.8, 4) is 81.8 Å². The molecule has 2 amide bonds. The maximum atomic E-state index is 14.7. The molecule has 0 unspecified atom stereocenters. The Morgan fingerprint density at radius 3 is 1.58 bits per heavy atom. The van der Waals surface area contributed by atoms with Crippen molar-refractivity contribution < 1.29 is 52.5 Å². The van der Waals surface area contributed by atoms with Gasteiger partial charge in [-0.2, -0.15) is 20.6 Å². The van der Waals surface area contributed by atoms with E-state index in [1.807, 2.05) is 123 Å². The number of ether oxygens (including phenoxy) is 4. The topological polar surface area (TPSA) is 327 Å². The lowest BCUT2D eigenvalue weighted by molar-refractivity contribution is -0.142. The second-order valence-electron chi connectivity index (χ2n) is 26.7. The molecule has 0 aliphatic carbocycles. The predicted molar refractivity (Wildman–Crippen MR) is 419 cm³/mol. The standard InChI is InChI=1S/C50H60N8O7.C17H18N2O2.C12H11BrN2O2.C5H8/c1-31(2)8-9-35-29-55-58(30-35)38-12-13-39(32(3)23-38)44(60)28-37(16-18-52)50(63)57(5)48-36-11-15-47(65-22-20-54)41(27-36)40-25-34(10-14-46(40)64-21-19-53)26-42(43(59)7-6-17-51)56-49(62)33(4)24-45(48)61;1-12(2)5-6-14-10-18-19(11-14)15-7-8-16(13(3)9-15)17(20)21-4;1-8-5-10(15-7-9(13)6-14-15)3-4-11(8)12(16)17-2;1-4-5(2)3/h10-15,23,25,27,29-31,33,37,42,48H,6-7,16,18-22,24,26,28,52-54H2,1-5H3,(H,56,62);7-12H,1-4H3;3-7H,1-2H3;1,5H,2-3H3/t33-,37-,42+,48+;;;/m1.../s1. The van der Waals surface area contributed by atoms with Crippen LogP contribution in [0.25, 0.3) is 28.2 Å². The summed E-state index contributed by atoms with van der Waals surface area (Å²) in [5.41, 5.74) is 28.1. The molecular weight excluding hydrogens is 1430 g/mol. The number of carbonyl (C=O) groups is 7. The highest BCUT2D eigenvalue weighted by Gasteiger charge is 2.37. The predicted octanol–water partition coefficient (Wildman–Crippen LogP) is 11.8. The van der Waals surface area contributed by atoms with Gasteiger partial charge in [-0.25, -0.2) is 23.6 Å². The molecule has 3 aromatic heterocycles. The van der Waals surface area contributed by atoms with Crippen LogP contribution in [0.5, 0.6) is 11.5 Å². The number of ketones is 3. The molecule has 0 radical (unpaired) electrons. The zero-order chi connectivity index (χ0) is 79.3. The van der Waals surface area contributed by atoms with Crippen molar-refractivity contribution in [2.75, 3.05) is 54.1 Å². The summed E-state index contributed by atoms with van der Waals surface area (Å²) in [7, 11) is 4.26. The quantitative estimate of drug-likeness (QED) is 0.0295. The van der Waals surface area contributed by atoms with Gasteiger partial charge < -0.3 is 46.4 Å². The SMILES string of the molecule is C#CC(C)C.COC(=O)c1ccc(-n2cc(Br)cn2)cc1C.COC(=O)c1ccc(-n2cc(C#CC(C)C)cn2)cc1C.Cc1cc(-n2cc(C#CC(C)C)cn2)ccc1C(=O)C[C@@H](CCN)C(=O)N(C)[C@@H]1C(=O)C[C@@H](C)C(=O)N[C@H](C(=O)CCC#N)Cc2ccc(OCCN)c(c2)-c2cc1ccc2OCCN. The maximum Gasteiger partial charge on any atom is 0.338 e. The van der Waals surface area contributed by atoms with Gasteiger partial charge in [-0.05, 0) is 163 Å². The summed E-state index contributed by atoms with van der Waals surface area (Å²) in [5.74, 6) is 12.2. The number of terminal acetylenes is 1. The van der Waals surface area contributed by atoms with Gasteiger partial charge in [0.15, 0.2) is 17.3 Å². The lowest BCUT2D eigenvalue weighted by Crippen LogP contribution is -2.46. The van der Waals surface area contributed by atoms with Crippen LogP contribution in [0.15, 0.2) is 133 Å². The summed E-state index contributed by atoms with van der Waals surface area (Å²) in [6.45, 7) is 20.1. The molecule has 4 atom stereocenters. The van der Waals surface area contributed by atoms with Crippen LogP contribution in [-0.2, 0) is 35.1 Å². The average molecular weight is 1530 g/mol. The number of aryl methyl sites for hydroxylation is 3. The molecule has 566 valence electrons. The first-order chi connectivity index (χ1) is 51.6. The molecule has 0 spiro atoms. The van der Waals surface area contributed by atoms with Crippen LogP contribution in [0.2, 0.25) is 0 Å². The number of hydrogen-bond donors (Lipinski definition) is 4. The average Bonchev–Trinajstić information content (AvgIpc) is 1.14. The Bertz CT molecular complexity index is 4700. The number of Topliss-reactive ketones (excluding diaryl/α,β-unsaturated/α-hetero) is 3. The highest BCUT2D eigenvalue weighted by atomic mass is 79.9. The first-order valence-corrected chi connectivity index (χ1v) is 36.3. The van der Waals surface area contributed by atoms with E-state index in [0.29, 0.717) is 67.8 Å². The number of nitrogens with two attached hydrogens (primary N) is 3. The highest BCUT2D eigenvalue weighted by Crippen LogP contribution is 2.41. The molecule has 108 heavy (non-hydrogen) atoms. The number of likely N-dealkylation sites (N-methyl/N-ethyl adjacent to an activating group) is 1. The Labute approximate surface area is 641 Å². The fourth-order valence-corrected chi connectivity index (χ4v) is 11.6. The fourth-order valence-electron chi connectivity index (χ4n) is 11.3. The number of nitrogens with one attached hydrogen (secondary N) is 1. The van der Waals surface area contributed by atoms with E-state index >= 15 is 0 Å². The third kappa shape index (κ3) is 24.7. The number of nitriles is 1. The largest absolute Gasteiger partial charge is 0.492 e. The van der Waals surface area contributed by atoms with Gasteiger partial charge in [0.25, 0.3) is 0 Å². The van der Waals surface area contributed by atoms with Crippen molar-refractivity contribution in [1.29, 1.82) is 5.26 Å². The molecule has 0 fully saturated rings. The van der Waals surface area contributed by atoms with Gasteiger partial charge in [-0.1, -0.05) is 84.3 Å². The van der Waals surface area contributed by atoms with Crippen LogP contribution in [0.1, 0.15) is 157 Å². The van der Waals surface area contributed by atoms with Gasteiger partial charge in [-0.15, -0.1) is 12.3 Å². The van der Waals surface area contributed by atoms with Gasteiger partial charge in [0.1, 0.15) is 30.8 Å². The van der Waals surface area contributed by atoms with Crippen molar-refractivity contribution in [1.82, 2.24) is 39.6 Å². The molecular formula is C84H97BrN12O11. The second kappa shape index (κ2) is 42.2. The fraction of sp³-hybridized carbons (Fsp3) is 0.369. The highest BCUT2D eigenvalue weighted by molar-refractivity contribution is 9.10. The van der Waals surface area contributed by atoms with Crippen molar-refractivity contribution in [2.24, 2.45) is 46.8 Å². The number of esters is 2. The lowest BCUT2D eigenvalue weighted by atomic mass is 9.88. The molecule has 0 saturated carbocycles. The number of fused-ring (bicyclic) bond motifs is 5. The Morgan fingerprint density at radius 2 is 1.14 bits per heavy atom. The van der Waals surface area contributed by atoms with Gasteiger partial charge in [0.05, 0.1) is 88.7 Å². The molecule has 5 aromatic carbocycles. The molecule has 8 aromatic rings. The molecule has 23 nitrogen and oxygen atoms in total. The van der Waals surface area contributed by atoms with E-state index in [0.717, 1.165) is 43.8 Å². The number of hydrogen-bond acceptors (Lipinski definition) is 18. The Morgan fingerprint density at radius 1 is 0.657 bits per heavy atom. The lowest BCUT2D eigenvalue weighted by Gasteiger charge is -2.32. The van der Waals surface area contributed by atoms with E-state index < -0.39 is 41.5 Å². The normalized spacial score (nSPS) is 13.9. The van der Waals surface area contributed by atoms with Crippen molar-refractivity contribution in [3.63, 3.8) is 0 Å². The van der Waals surface area contributed by atoms with E-state index in [-0.39, 0.29) is 101 Å². The van der Waals surface area contributed by atoms with Gasteiger partial charge in [0, 0.05) is 111 Å². The molecule has 7 N–H and O–H groups in total. The molecule has 9 rings (SSSR count). The van der Waals surface area contributed by atoms with Crippen LogP contribution in [-0.4, -0.2) is 136 Å². The number of nitrogens with zero attached hydrogens (tertiary/aromatic N) is 8. The van der Waals surface area contributed by atoms with Crippen LogP contribution >= 0.6 is 15.9 Å². The van der Waals surface area contributed by atoms with Crippen molar-refractivity contribution >= 4 is 57.0 Å². The van der Waals surface area contributed by atoms with E-state index in [4.69, 9.17) is 42.6 Å². The zero-order valence-corrected chi connectivity index (χ0v) is 65.3. The number of amides is 2. The number of rotatable bonds is 21. The number of aromatic nitrogens is 6. The number of halogens is 1. The number of methoxy groups -OCH3 is 2. The number of benzene rings is 5. The minimum atomic E-state index is -1.23. The Hall–Kier alpha value is -11.3. The smallest absolute Gasteiger partial charge is 0.338 e. The zero-order valence-electron chi connectivity index (χ0n) is 63.7. The summed E-state index contributed by atoms with van der Waals surface area (Å²) < 4.78 is 27.8. The van der Waals surface area contributed by atoms with Crippen molar-refractivity contribution in [3.05, 3.63) is 188 Å². The van der Waals surface area contributed by atoms with Crippen LogP contribution in [0.3, 0.4) is 0 Å². The summed E-state index contributed by atoms with van der Waals surface area (Å²) >= 11 is 3.34. The minimum absolute atomic E-state index is 0.0302.